The summed E-state index contributed by atoms with van der Waals surface area (Å²) >= 11 is 0. The van der Waals surface area contributed by atoms with Crippen molar-refractivity contribution in [3.05, 3.63) is 96.8 Å². The number of benzene rings is 4. The normalized spacial score (nSPS) is 18.7. The fourth-order valence-electron chi connectivity index (χ4n) is 7.00. The van der Waals surface area contributed by atoms with Crippen LogP contribution in [0, 0.1) is 5.82 Å². The molecule has 8 rings (SSSR count). The van der Waals surface area contributed by atoms with Crippen molar-refractivity contribution in [1.29, 1.82) is 0 Å². The van der Waals surface area contributed by atoms with Crippen LogP contribution < -0.4 is 38.2 Å². The molecule has 0 aliphatic carbocycles. The zero-order chi connectivity index (χ0) is 33.0. The third-order valence-electron chi connectivity index (χ3n) is 9.73. The van der Waals surface area contributed by atoms with E-state index in [0.717, 1.165) is 87.6 Å². The molecule has 0 amide bonds. The van der Waals surface area contributed by atoms with Gasteiger partial charge in [-0.3, -0.25) is 9.80 Å². The standard InChI is InChI=1S/C38H41FN4O6/c39-28-6-8-30(9-7-28)42-18-20-43(21-19-42)33(25-44-31-10-12-34-36(22-31)47-26-45-34)38(49-32-11-13-35-37(23-32)48-27-46-35)24-40-14-16-41(17-15-40)29-4-2-1-3-5-29/h1-13,22-23,33,38H,14-21,24-27H2. The lowest BCUT2D eigenvalue weighted by atomic mass is 10.1. The van der Waals surface area contributed by atoms with Gasteiger partial charge in [-0.15, -0.1) is 0 Å². The first-order chi connectivity index (χ1) is 24.1. The fourth-order valence-corrected chi connectivity index (χ4v) is 7.00. The number of hydrogen-bond acceptors (Lipinski definition) is 10. The van der Waals surface area contributed by atoms with E-state index in [-0.39, 0.29) is 31.5 Å². The maximum Gasteiger partial charge on any atom is 0.231 e. The molecule has 4 aliphatic heterocycles. The molecule has 4 heterocycles. The SMILES string of the molecule is Fc1ccc(N2CCN(C(COc3ccc4c(c3)OCO4)C(CN3CCN(c4ccccc4)CC3)Oc3ccc4c(c3)OCO4)CC2)cc1. The highest BCUT2D eigenvalue weighted by Gasteiger charge is 2.35. The first kappa shape index (κ1) is 31.4. The Morgan fingerprint density at radius 1 is 0.592 bits per heavy atom. The minimum atomic E-state index is -0.227. The van der Waals surface area contributed by atoms with Crippen LogP contribution in [-0.2, 0) is 0 Å². The smallest absolute Gasteiger partial charge is 0.231 e. The number of para-hydroxylation sites is 1. The Morgan fingerprint density at radius 3 is 1.84 bits per heavy atom. The van der Waals surface area contributed by atoms with Gasteiger partial charge < -0.3 is 38.2 Å². The molecule has 4 aliphatic rings. The second-order valence-corrected chi connectivity index (χ2v) is 12.7. The van der Waals surface area contributed by atoms with Crippen LogP contribution in [0.25, 0.3) is 0 Å². The molecule has 2 saturated heterocycles. The van der Waals surface area contributed by atoms with E-state index in [0.29, 0.717) is 18.1 Å². The van der Waals surface area contributed by atoms with Gasteiger partial charge in [-0.05, 0) is 60.7 Å². The van der Waals surface area contributed by atoms with Gasteiger partial charge in [0, 0.05) is 82.4 Å². The number of hydrogen-bond donors (Lipinski definition) is 0. The predicted molar refractivity (Wildman–Crippen MR) is 184 cm³/mol. The van der Waals surface area contributed by atoms with Crippen LogP contribution in [0.5, 0.6) is 34.5 Å². The monoisotopic (exact) mass is 668 g/mol. The maximum absolute atomic E-state index is 13.7. The van der Waals surface area contributed by atoms with Gasteiger partial charge in [0.05, 0.1) is 6.04 Å². The number of anilines is 2. The first-order valence-electron chi connectivity index (χ1n) is 17.0. The van der Waals surface area contributed by atoms with Crippen molar-refractivity contribution in [3.8, 4) is 34.5 Å². The van der Waals surface area contributed by atoms with Gasteiger partial charge in [0.25, 0.3) is 0 Å². The van der Waals surface area contributed by atoms with E-state index in [1.54, 1.807) is 0 Å². The van der Waals surface area contributed by atoms with Crippen LogP contribution in [0.4, 0.5) is 15.8 Å². The minimum absolute atomic E-state index is 0.0848. The molecule has 4 aromatic rings. The van der Waals surface area contributed by atoms with Crippen LogP contribution in [-0.4, -0.2) is 101 Å². The summed E-state index contributed by atoms with van der Waals surface area (Å²) in [6, 6.07) is 28.8. The molecule has 2 atom stereocenters. The van der Waals surface area contributed by atoms with E-state index >= 15 is 0 Å². The average molecular weight is 669 g/mol. The molecule has 0 N–H and O–H groups in total. The highest BCUT2D eigenvalue weighted by atomic mass is 19.1. The molecule has 0 aromatic heterocycles. The van der Waals surface area contributed by atoms with Crippen molar-refractivity contribution in [2.45, 2.75) is 12.1 Å². The minimum Gasteiger partial charge on any atom is -0.492 e. The van der Waals surface area contributed by atoms with Gasteiger partial charge in [-0.2, -0.15) is 0 Å². The molecular formula is C38H41FN4O6. The van der Waals surface area contributed by atoms with Crippen molar-refractivity contribution < 1.29 is 32.8 Å². The van der Waals surface area contributed by atoms with Crippen LogP contribution >= 0.6 is 0 Å². The largest absolute Gasteiger partial charge is 0.492 e. The zero-order valence-corrected chi connectivity index (χ0v) is 27.4. The molecule has 11 heteroatoms. The molecular weight excluding hydrogens is 627 g/mol. The summed E-state index contributed by atoms with van der Waals surface area (Å²) in [7, 11) is 0. The van der Waals surface area contributed by atoms with Gasteiger partial charge in [0.2, 0.25) is 13.6 Å². The van der Waals surface area contributed by atoms with Crippen LogP contribution in [0.1, 0.15) is 0 Å². The predicted octanol–water partition coefficient (Wildman–Crippen LogP) is 5.12. The molecule has 10 nitrogen and oxygen atoms in total. The summed E-state index contributed by atoms with van der Waals surface area (Å²) in [4.78, 5) is 9.73. The molecule has 2 unspecified atom stereocenters. The number of rotatable bonds is 11. The Bertz CT molecular complexity index is 1700. The molecule has 2 fully saturated rings. The summed E-state index contributed by atoms with van der Waals surface area (Å²) < 4.78 is 49.6. The second kappa shape index (κ2) is 14.3. The molecule has 0 bridgehead atoms. The Morgan fingerprint density at radius 2 is 1.16 bits per heavy atom. The fraction of sp³-hybridized carbons (Fsp3) is 0.368. The number of ether oxygens (including phenoxy) is 6. The van der Waals surface area contributed by atoms with E-state index in [1.165, 1.54) is 17.8 Å². The lowest BCUT2D eigenvalue weighted by molar-refractivity contribution is 0.0126. The van der Waals surface area contributed by atoms with Crippen molar-refractivity contribution in [2.75, 3.05) is 88.9 Å². The van der Waals surface area contributed by atoms with Gasteiger partial charge >= 0.3 is 0 Å². The lowest BCUT2D eigenvalue weighted by Crippen LogP contribution is -2.60. The van der Waals surface area contributed by atoms with Crippen molar-refractivity contribution in [1.82, 2.24) is 9.80 Å². The summed E-state index contributed by atoms with van der Waals surface area (Å²) in [6.07, 6.45) is -0.227. The van der Waals surface area contributed by atoms with Gasteiger partial charge in [0.1, 0.15) is 30.0 Å². The Kier molecular flexibility index (Phi) is 9.17. The lowest BCUT2D eigenvalue weighted by Gasteiger charge is -2.44. The van der Waals surface area contributed by atoms with E-state index in [9.17, 15) is 4.39 Å². The van der Waals surface area contributed by atoms with E-state index < -0.39 is 0 Å². The van der Waals surface area contributed by atoms with Crippen LogP contribution in [0.15, 0.2) is 91.0 Å². The van der Waals surface area contributed by atoms with E-state index in [4.69, 9.17) is 28.4 Å². The van der Waals surface area contributed by atoms with Gasteiger partial charge in [-0.25, -0.2) is 4.39 Å². The van der Waals surface area contributed by atoms with Gasteiger partial charge in [0.15, 0.2) is 23.0 Å². The molecule has 49 heavy (non-hydrogen) atoms. The first-order valence-corrected chi connectivity index (χ1v) is 17.0. The van der Waals surface area contributed by atoms with E-state index in [2.05, 4.69) is 49.9 Å². The third-order valence-corrected chi connectivity index (χ3v) is 9.73. The summed E-state index contributed by atoms with van der Waals surface area (Å²) in [5.41, 5.74) is 2.28. The highest BCUT2D eigenvalue weighted by Crippen LogP contribution is 2.37. The Hall–Kier alpha value is -4.87. The third kappa shape index (κ3) is 7.28. The summed E-state index contributed by atoms with van der Waals surface area (Å²) in [6.45, 7) is 8.49. The second-order valence-electron chi connectivity index (χ2n) is 12.7. The number of nitrogens with zero attached hydrogens (tertiary/aromatic N) is 4. The summed E-state index contributed by atoms with van der Waals surface area (Å²) in [5, 5.41) is 0. The van der Waals surface area contributed by atoms with E-state index in [1.807, 2.05) is 48.5 Å². The number of fused-ring (bicyclic) bond motifs is 2. The maximum atomic E-state index is 13.7. The van der Waals surface area contributed by atoms with Crippen molar-refractivity contribution in [3.63, 3.8) is 0 Å². The van der Waals surface area contributed by atoms with Crippen molar-refractivity contribution in [2.24, 2.45) is 0 Å². The highest BCUT2D eigenvalue weighted by molar-refractivity contribution is 5.49. The molecule has 0 spiro atoms. The topological polar surface area (TPSA) is 68.3 Å². The molecule has 0 saturated carbocycles. The number of halogens is 1. The quantitative estimate of drug-likeness (QED) is 0.215. The molecule has 0 radical (unpaired) electrons. The average Bonchev–Trinajstić information content (AvgIpc) is 3.82. The van der Waals surface area contributed by atoms with Crippen LogP contribution in [0.2, 0.25) is 0 Å². The Labute approximate surface area is 286 Å². The summed E-state index contributed by atoms with van der Waals surface area (Å²) in [5.74, 6) is 4.05. The van der Waals surface area contributed by atoms with Gasteiger partial charge in [-0.1, -0.05) is 18.2 Å². The Balaban J connectivity index is 1.04. The van der Waals surface area contributed by atoms with Crippen LogP contribution in [0.3, 0.4) is 0 Å². The number of piperazine rings is 2. The molecule has 256 valence electrons. The van der Waals surface area contributed by atoms with Crippen molar-refractivity contribution >= 4 is 11.4 Å². The zero-order valence-electron chi connectivity index (χ0n) is 27.4. The molecule has 4 aromatic carbocycles.